The van der Waals surface area contributed by atoms with Crippen LogP contribution in [0, 0.1) is 0 Å². The SMILES string of the molecule is CC(Cl)c1nc2ccc(Cl)cc2n1C(C)c1ccsc1. The minimum atomic E-state index is -0.151. The van der Waals surface area contributed by atoms with Gasteiger partial charge in [-0.1, -0.05) is 11.6 Å². The largest absolute Gasteiger partial charge is 0.319 e. The molecule has 20 heavy (non-hydrogen) atoms. The highest BCUT2D eigenvalue weighted by Crippen LogP contribution is 2.32. The van der Waals surface area contributed by atoms with E-state index in [0.29, 0.717) is 5.02 Å². The van der Waals surface area contributed by atoms with E-state index in [0.717, 1.165) is 16.9 Å². The molecule has 1 aromatic carbocycles. The maximum atomic E-state index is 6.31. The number of rotatable bonds is 3. The van der Waals surface area contributed by atoms with Gasteiger partial charge in [-0.25, -0.2) is 4.98 Å². The number of halogens is 2. The van der Waals surface area contributed by atoms with Crippen molar-refractivity contribution in [2.75, 3.05) is 0 Å². The molecule has 3 aromatic rings. The summed E-state index contributed by atoms with van der Waals surface area (Å²) in [6.07, 6.45) is 0. The Balaban J connectivity index is 2.25. The second-order valence-electron chi connectivity index (χ2n) is 4.82. The van der Waals surface area contributed by atoms with Gasteiger partial charge in [0.25, 0.3) is 0 Å². The Bertz CT molecular complexity index is 732. The third kappa shape index (κ3) is 2.34. The van der Waals surface area contributed by atoms with E-state index in [9.17, 15) is 0 Å². The summed E-state index contributed by atoms with van der Waals surface area (Å²) in [7, 11) is 0. The second-order valence-corrected chi connectivity index (χ2v) is 6.69. The fourth-order valence-electron chi connectivity index (χ4n) is 2.43. The first-order valence-corrected chi connectivity index (χ1v) is 8.17. The van der Waals surface area contributed by atoms with Crippen molar-refractivity contribution >= 4 is 45.6 Å². The maximum Gasteiger partial charge on any atom is 0.128 e. The number of hydrogen-bond donors (Lipinski definition) is 0. The minimum Gasteiger partial charge on any atom is -0.319 e. The molecule has 0 radical (unpaired) electrons. The average molecular weight is 325 g/mol. The summed E-state index contributed by atoms with van der Waals surface area (Å²) in [4.78, 5) is 4.66. The van der Waals surface area contributed by atoms with E-state index >= 15 is 0 Å². The summed E-state index contributed by atoms with van der Waals surface area (Å²) >= 11 is 14.1. The number of nitrogens with zero attached hydrogens (tertiary/aromatic N) is 2. The lowest BCUT2D eigenvalue weighted by Crippen LogP contribution is -2.10. The molecular formula is C15H14Cl2N2S. The van der Waals surface area contributed by atoms with Crippen LogP contribution in [0.3, 0.4) is 0 Å². The molecule has 0 N–H and O–H groups in total. The Morgan fingerprint density at radius 3 is 2.70 bits per heavy atom. The summed E-state index contributed by atoms with van der Waals surface area (Å²) in [5.74, 6) is 0.877. The third-order valence-electron chi connectivity index (χ3n) is 3.45. The van der Waals surface area contributed by atoms with Crippen LogP contribution in [0.2, 0.25) is 5.02 Å². The first-order chi connectivity index (χ1) is 9.58. The molecule has 2 aromatic heterocycles. The van der Waals surface area contributed by atoms with Gasteiger partial charge in [0.1, 0.15) is 5.82 Å². The van der Waals surface area contributed by atoms with Crippen LogP contribution in [0.15, 0.2) is 35.0 Å². The lowest BCUT2D eigenvalue weighted by atomic mass is 10.1. The van der Waals surface area contributed by atoms with Gasteiger partial charge in [0.15, 0.2) is 0 Å². The fourth-order valence-corrected chi connectivity index (χ4v) is 3.50. The van der Waals surface area contributed by atoms with E-state index in [1.54, 1.807) is 11.3 Å². The number of aromatic nitrogens is 2. The standard InChI is InChI=1S/C15H14Cl2N2S/c1-9(16)15-18-13-4-3-12(17)7-14(13)19(15)10(2)11-5-6-20-8-11/h3-10H,1-2H3. The van der Waals surface area contributed by atoms with E-state index in [-0.39, 0.29) is 11.4 Å². The van der Waals surface area contributed by atoms with Gasteiger partial charge < -0.3 is 4.57 Å². The number of hydrogen-bond acceptors (Lipinski definition) is 2. The Morgan fingerprint density at radius 1 is 1.25 bits per heavy atom. The van der Waals surface area contributed by atoms with Gasteiger partial charge in [0, 0.05) is 5.02 Å². The quantitative estimate of drug-likeness (QED) is 0.568. The van der Waals surface area contributed by atoms with Gasteiger partial charge in [-0.15, -0.1) is 11.6 Å². The zero-order chi connectivity index (χ0) is 14.3. The molecule has 0 aliphatic carbocycles. The van der Waals surface area contributed by atoms with Crippen molar-refractivity contribution in [2.24, 2.45) is 0 Å². The molecule has 2 unspecified atom stereocenters. The van der Waals surface area contributed by atoms with Gasteiger partial charge in [0.05, 0.1) is 22.5 Å². The van der Waals surface area contributed by atoms with Crippen LogP contribution >= 0.6 is 34.5 Å². The molecule has 0 aliphatic heterocycles. The molecule has 0 fully saturated rings. The molecule has 5 heteroatoms. The zero-order valence-corrected chi connectivity index (χ0v) is 13.5. The van der Waals surface area contributed by atoms with Crippen LogP contribution in [-0.2, 0) is 0 Å². The smallest absolute Gasteiger partial charge is 0.128 e. The normalized spacial score (nSPS) is 14.6. The first kappa shape index (κ1) is 13.9. The molecule has 2 nitrogen and oxygen atoms in total. The van der Waals surface area contributed by atoms with Crippen molar-refractivity contribution in [1.29, 1.82) is 0 Å². The van der Waals surface area contributed by atoms with Crippen molar-refractivity contribution in [3.63, 3.8) is 0 Å². The van der Waals surface area contributed by atoms with Crippen LogP contribution in [0.25, 0.3) is 11.0 Å². The molecule has 0 saturated carbocycles. The molecule has 0 amide bonds. The zero-order valence-electron chi connectivity index (χ0n) is 11.2. The van der Waals surface area contributed by atoms with Gasteiger partial charge in [-0.05, 0) is 54.4 Å². The van der Waals surface area contributed by atoms with Crippen molar-refractivity contribution in [1.82, 2.24) is 9.55 Å². The van der Waals surface area contributed by atoms with Crippen LogP contribution < -0.4 is 0 Å². The Hall–Kier alpha value is -1.03. The summed E-state index contributed by atoms with van der Waals surface area (Å²) in [5, 5.41) is 4.80. The van der Waals surface area contributed by atoms with Crippen molar-refractivity contribution in [2.45, 2.75) is 25.3 Å². The van der Waals surface area contributed by atoms with Gasteiger partial charge in [0.2, 0.25) is 0 Å². The van der Waals surface area contributed by atoms with Crippen molar-refractivity contribution < 1.29 is 0 Å². The molecular weight excluding hydrogens is 311 g/mol. The summed E-state index contributed by atoms with van der Waals surface area (Å²) in [6.45, 7) is 4.11. The Morgan fingerprint density at radius 2 is 2.05 bits per heavy atom. The number of thiophene rings is 1. The molecule has 0 spiro atoms. The van der Waals surface area contributed by atoms with Crippen LogP contribution in [-0.4, -0.2) is 9.55 Å². The van der Waals surface area contributed by atoms with E-state index in [2.05, 4.69) is 33.3 Å². The molecule has 104 valence electrons. The lowest BCUT2D eigenvalue weighted by Gasteiger charge is -2.18. The van der Waals surface area contributed by atoms with Crippen LogP contribution in [0.4, 0.5) is 0 Å². The highest BCUT2D eigenvalue weighted by Gasteiger charge is 2.20. The number of imidazole rings is 1. The highest BCUT2D eigenvalue weighted by molar-refractivity contribution is 7.07. The molecule has 2 heterocycles. The van der Waals surface area contributed by atoms with E-state index < -0.39 is 0 Å². The maximum absolute atomic E-state index is 6.31. The fraction of sp³-hybridized carbons (Fsp3) is 0.267. The number of benzene rings is 1. The molecule has 0 bridgehead atoms. The first-order valence-electron chi connectivity index (χ1n) is 6.41. The van der Waals surface area contributed by atoms with Crippen molar-refractivity contribution in [3.05, 3.63) is 51.4 Å². The topological polar surface area (TPSA) is 17.8 Å². The van der Waals surface area contributed by atoms with E-state index in [1.165, 1.54) is 5.56 Å². The molecule has 0 saturated heterocycles. The summed E-state index contributed by atoms with van der Waals surface area (Å²) < 4.78 is 2.18. The van der Waals surface area contributed by atoms with Gasteiger partial charge in [-0.2, -0.15) is 11.3 Å². The molecule has 2 atom stereocenters. The highest BCUT2D eigenvalue weighted by atomic mass is 35.5. The Kier molecular flexibility index (Phi) is 3.76. The van der Waals surface area contributed by atoms with E-state index in [4.69, 9.17) is 23.2 Å². The van der Waals surface area contributed by atoms with Gasteiger partial charge >= 0.3 is 0 Å². The van der Waals surface area contributed by atoms with Crippen LogP contribution in [0.5, 0.6) is 0 Å². The molecule has 0 aliphatic rings. The lowest BCUT2D eigenvalue weighted by molar-refractivity contribution is 0.620. The summed E-state index contributed by atoms with van der Waals surface area (Å²) in [6, 6.07) is 8.07. The minimum absolute atomic E-state index is 0.151. The third-order valence-corrected chi connectivity index (χ3v) is 4.58. The predicted octanol–water partition coefficient (Wildman–Crippen LogP) is 5.66. The van der Waals surface area contributed by atoms with Crippen LogP contribution in [0.1, 0.15) is 36.7 Å². The number of fused-ring (bicyclic) bond motifs is 1. The van der Waals surface area contributed by atoms with Crippen molar-refractivity contribution in [3.8, 4) is 0 Å². The number of alkyl halides is 1. The van der Waals surface area contributed by atoms with E-state index in [1.807, 2.05) is 25.1 Å². The Labute approximate surface area is 132 Å². The summed E-state index contributed by atoms with van der Waals surface area (Å²) in [5.41, 5.74) is 3.21. The monoisotopic (exact) mass is 324 g/mol. The second kappa shape index (κ2) is 5.40. The predicted molar refractivity (Wildman–Crippen MR) is 87.1 cm³/mol. The van der Waals surface area contributed by atoms with Gasteiger partial charge in [-0.3, -0.25) is 0 Å². The molecule has 3 rings (SSSR count). The average Bonchev–Trinajstić information content (AvgIpc) is 3.04.